The van der Waals surface area contributed by atoms with Gasteiger partial charge in [-0.05, 0) is 63.9 Å². The largest absolute Gasteiger partial charge is 0.478 e. The van der Waals surface area contributed by atoms with E-state index in [-0.39, 0.29) is 11.5 Å². The number of aromatic nitrogens is 2. The Bertz CT molecular complexity index is 1090. The number of hydrogen-bond acceptors (Lipinski definition) is 7. The third-order valence-corrected chi connectivity index (χ3v) is 7.52. The molecule has 2 heterocycles. The molecule has 3 N–H and O–H groups in total. The molecule has 1 atom stereocenters. The number of thiophene rings is 1. The van der Waals surface area contributed by atoms with E-state index < -0.39 is 11.6 Å². The summed E-state index contributed by atoms with van der Waals surface area (Å²) in [6.45, 7) is 1.82. The van der Waals surface area contributed by atoms with Crippen LogP contribution in [0.25, 0.3) is 11.5 Å². The predicted octanol–water partition coefficient (Wildman–Crippen LogP) is 3.81. The van der Waals surface area contributed by atoms with Gasteiger partial charge in [0, 0.05) is 28.4 Å². The first-order valence-electron chi connectivity index (χ1n) is 10.8. The lowest BCUT2D eigenvalue weighted by atomic mass is 9.85. The summed E-state index contributed by atoms with van der Waals surface area (Å²) >= 11 is 1.40. The maximum absolute atomic E-state index is 13.1. The first kappa shape index (κ1) is 20.4. The molecule has 3 aliphatic rings. The zero-order chi connectivity index (χ0) is 21.8. The molecule has 1 amide bonds. The maximum atomic E-state index is 13.1. The smallest absolute Gasteiger partial charge is 0.332 e. The Morgan fingerprint density at radius 3 is 2.65 bits per heavy atom. The molecule has 0 saturated heterocycles. The highest BCUT2D eigenvalue weighted by molar-refractivity contribution is 7.17. The molecule has 5 rings (SSSR count). The average molecular weight is 444 g/mol. The zero-order valence-corrected chi connectivity index (χ0v) is 18.2. The summed E-state index contributed by atoms with van der Waals surface area (Å²) in [7, 11) is 0. The Morgan fingerprint density at radius 1 is 1.19 bits per heavy atom. The van der Waals surface area contributed by atoms with Gasteiger partial charge in [-0.3, -0.25) is 4.79 Å². The lowest BCUT2D eigenvalue weighted by molar-refractivity contribution is -0.133. The van der Waals surface area contributed by atoms with E-state index >= 15 is 0 Å². The molecule has 1 saturated carbocycles. The molecule has 31 heavy (non-hydrogen) atoms. The molecule has 2 aromatic heterocycles. The highest BCUT2D eigenvalue weighted by Gasteiger charge is 2.36. The van der Waals surface area contributed by atoms with E-state index in [1.807, 2.05) is 6.92 Å². The van der Waals surface area contributed by atoms with Gasteiger partial charge in [0.1, 0.15) is 5.00 Å². The zero-order valence-electron chi connectivity index (χ0n) is 17.4. The third-order valence-electron chi connectivity index (χ3n) is 6.37. The van der Waals surface area contributed by atoms with Gasteiger partial charge in [-0.25, -0.2) is 4.79 Å². The number of hydrogen-bond donors (Lipinski definition) is 3. The van der Waals surface area contributed by atoms with E-state index in [9.17, 15) is 19.8 Å². The van der Waals surface area contributed by atoms with Crippen LogP contribution in [0.2, 0.25) is 0 Å². The minimum Gasteiger partial charge on any atom is -0.478 e. The minimum absolute atomic E-state index is 0.198. The molecule has 9 heteroatoms. The second-order valence-electron chi connectivity index (χ2n) is 9.04. The fraction of sp³-hybridized carbons (Fsp3) is 0.545. The van der Waals surface area contributed by atoms with Gasteiger partial charge in [-0.2, -0.15) is 4.98 Å². The summed E-state index contributed by atoms with van der Waals surface area (Å²) in [5.41, 5.74) is 1.48. The van der Waals surface area contributed by atoms with Crippen LogP contribution in [0.15, 0.2) is 15.7 Å². The van der Waals surface area contributed by atoms with Crippen molar-refractivity contribution in [2.75, 3.05) is 5.32 Å². The Morgan fingerprint density at radius 2 is 1.94 bits per heavy atom. The average Bonchev–Trinajstić information content (AvgIpc) is 3.36. The Balaban J connectivity index is 1.53. The summed E-state index contributed by atoms with van der Waals surface area (Å²) in [4.78, 5) is 30.3. The number of nitrogens with one attached hydrogen (secondary N) is 1. The van der Waals surface area contributed by atoms with Crippen molar-refractivity contribution in [3.05, 3.63) is 27.4 Å². The number of carboxylic acids is 1. The summed E-state index contributed by atoms with van der Waals surface area (Å²) in [5, 5.41) is 27.7. The number of carboxylic acid groups (broad SMARTS) is 1. The lowest BCUT2D eigenvalue weighted by Gasteiger charge is -2.27. The quantitative estimate of drug-likeness (QED) is 0.641. The van der Waals surface area contributed by atoms with Crippen LogP contribution >= 0.6 is 11.3 Å². The van der Waals surface area contributed by atoms with Gasteiger partial charge in [-0.1, -0.05) is 5.16 Å². The van der Waals surface area contributed by atoms with Crippen molar-refractivity contribution >= 4 is 28.2 Å². The van der Waals surface area contributed by atoms with Gasteiger partial charge < -0.3 is 20.1 Å². The van der Waals surface area contributed by atoms with E-state index in [2.05, 4.69) is 15.5 Å². The van der Waals surface area contributed by atoms with Crippen molar-refractivity contribution in [2.45, 2.75) is 76.2 Å². The standard InChI is InChI=1S/C22H25N3O5S/c1-22(29)9-8-14-15(10-22)31-20(16(14)19-23-17(25-30-19)11-6-7-11)24-18(26)12-4-2-3-5-13(12)21(27)28/h11,29H,2-10H2,1H3,(H,24,26)(H,27,28). The van der Waals surface area contributed by atoms with Crippen molar-refractivity contribution in [2.24, 2.45) is 0 Å². The Kier molecular flexibility index (Phi) is 4.97. The fourth-order valence-corrected chi connectivity index (χ4v) is 5.89. The molecular weight excluding hydrogens is 418 g/mol. The molecule has 2 aromatic rings. The van der Waals surface area contributed by atoms with Crippen LogP contribution in [0.4, 0.5) is 5.00 Å². The molecule has 1 fully saturated rings. The minimum atomic E-state index is -1.03. The molecule has 0 aliphatic heterocycles. The van der Waals surface area contributed by atoms with Crippen LogP contribution in [0.5, 0.6) is 0 Å². The van der Waals surface area contributed by atoms with Crippen molar-refractivity contribution in [1.82, 2.24) is 10.1 Å². The first-order chi connectivity index (χ1) is 14.8. The number of nitrogens with zero attached hydrogens (tertiary/aromatic N) is 2. The number of aliphatic carboxylic acids is 1. The van der Waals surface area contributed by atoms with E-state index in [0.717, 1.165) is 41.7 Å². The molecular formula is C22H25N3O5S. The number of anilines is 1. The second-order valence-corrected chi connectivity index (χ2v) is 10.1. The van der Waals surface area contributed by atoms with E-state index in [1.165, 1.54) is 11.3 Å². The Hall–Kier alpha value is -2.52. The molecule has 0 radical (unpaired) electrons. The normalized spacial score (nSPS) is 23.5. The van der Waals surface area contributed by atoms with Crippen molar-refractivity contribution in [1.29, 1.82) is 0 Å². The van der Waals surface area contributed by atoms with Crippen LogP contribution in [0.1, 0.15) is 74.1 Å². The topological polar surface area (TPSA) is 126 Å². The highest BCUT2D eigenvalue weighted by atomic mass is 32.1. The predicted molar refractivity (Wildman–Crippen MR) is 114 cm³/mol. The van der Waals surface area contributed by atoms with E-state index in [0.29, 0.717) is 60.3 Å². The second kappa shape index (κ2) is 7.56. The first-order valence-corrected chi connectivity index (χ1v) is 11.6. The van der Waals surface area contributed by atoms with Gasteiger partial charge in [0.15, 0.2) is 5.82 Å². The van der Waals surface area contributed by atoms with Crippen molar-refractivity contribution in [3.8, 4) is 11.5 Å². The van der Waals surface area contributed by atoms with Gasteiger partial charge in [0.25, 0.3) is 11.8 Å². The van der Waals surface area contributed by atoms with Crippen LogP contribution in [-0.2, 0) is 22.4 Å². The number of carbonyl (C=O) groups is 2. The SMILES string of the molecule is CC1(O)CCc2c(sc(NC(=O)C3=C(C(=O)O)CCCC3)c2-c2nc(C3CC3)no2)C1. The van der Waals surface area contributed by atoms with Gasteiger partial charge >= 0.3 is 5.97 Å². The fourth-order valence-electron chi connectivity index (χ4n) is 4.48. The number of amides is 1. The molecule has 8 nitrogen and oxygen atoms in total. The van der Waals surface area contributed by atoms with Gasteiger partial charge in [-0.15, -0.1) is 11.3 Å². The van der Waals surface area contributed by atoms with Crippen molar-refractivity contribution < 1.29 is 24.3 Å². The van der Waals surface area contributed by atoms with E-state index in [1.54, 1.807) is 0 Å². The van der Waals surface area contributed by atoms with Gasteiger partial charge in [0.05, 0.1) is 11.2 Å². The summed E-state index contributed by atoms with van der Waals surface area (Å²) < 4.78 is 5.58. The molecule has 0 aromatic carbocycles. The summed E-state index contributed by atoms with van der Waals surface area (Å²) in [5.74, 6) is 0.00461. The van der Waals surface area contributed by atoms with Crippen LogP contribution in [0.3, 0.4) is 0 Å². The summed E-state index contributed by atoms with van der Waals surface area (Å²) in [6, 6.07) is 0. The third kappa shape index (κ3) is 3.92. The lowest BCUT2D eigenvalue weighted by Crippen LogP contribution is -2.31. The molecule has 164 valence electrons. The summed E-state index contributed by atoms with van der Waals surface area (Å²) in [6.07, 6.45) is 6.28. The number of carbonyl (C=O) groups excluding carboxylic acids is 1. The number of rotatable bonds is 5. The van der Waals surface area contributed by atoms with Gasteiger partial charge in [0.2, 0.25) is 0 Å². The number of aliphatic hydroxyl groups is 1. The Labute approximate surface area is 183 Å². The monoisotopic (exact) mass is 443 g/mol. The molecule has 0 spiro atoms. The van der Waals surface area contributed by atoms with E-state index in [4.69, 9.17) is 4.52 Å². The maximum Gasteiger partial charge on any atom is 0.332 e. The number of fused-ring (bicyclic) bond motifs is 1. The van der Waals surface area contributed by atoms with Crippen molar-refractivity contribution in [3.63, 3.8) is 0 Å². The van der Waals surface area contributed by atoms with Crippen LogP contribution in [-0.4, -0.2) is 37.8 Å². The molecule has 1 unspecified atom stereocenters. The molecule has 0 bridgehead atoms. The highest BCUT2D eigenvalue weighted by Crippen LogP contribution is 2.47. The van der Waals surface area contributed by atoms with Crippen LogP contribution in [0, 0.1) is 0 Å². The molecule has 3 aliphatic carbocycles. The van der Waals surface area contributed by atoms with Crippen LogP contribution < -0.4 is 5.32 Å².